The van der Waals surface area contributed by atoms with Crippen molar-refractivity contribution in [1.82, 2.24) is 0 Å². The van der Waals surface area contributed by atoms with E-state index < -0.39 is 0 Å². The van der Waals surface area contributed by atoms with Crippen molar-refractivity contribution in [2.24, 2.45) is 0 Å². The van der Waals surface area contributed by atoms with Crippen LogP contribution in [0.5, 0.6) is 11.5 Å². The number of rotatable bonds is 2. The Hall–Kier alpha value is -1.18. The molecule has 0 spiro atoms. The Morgan fingerprint density at radius 1 is 1.33 bits per heavy atom. The summed E-state index contributed by atoms with van der Waals surface area (Å²) in [5.74, 6) is 2.52. The molecule has 0 aromatic heterocycles. The highest BCUT2D eigenvalue weighted by molar-refractivity contribution is 5.52. The monoisotopic (exact) mass is 206 g/mol. The van der Waals surface area contributed by atoms with Crippen molar-refractivity contribution >= 4 is 0 Å². The van der Waals surface area contributed by atoms with Gasteiger partial charge in [0.15, 0.2) is 0 Å². The van der Waals surface area contributed by atoms with Crippen molar-refractivity contribution in [3.63, 3.8) is 0 Å². The Kier molecular flexibility index (Phi) is 2.85. The van der Waals surface area contributed by atoms with E-state index in [1.807, 2.05) is 0 Å². The van der Waals surface area contributed by atoms with Gasteiger partial charge >= 0.3 is 0 Å². The van der Waals surface area contributed by atoms with Crippen LogP contribution in [0, 0.1) is 0 Å². The van der Waals surface area contributed by atoms with Crippen molar-refractivity contribution in [3.05, 3.63) is 23.3 Å². The fourth-order valence-electron chi connectivity index (χ4n) is 2.13. The van der Waals surface area contributed by atoms with Gasteiger partial charge in [-0.2, -0.15) is 0 Å². The molecule has 0 N–H and O–H groups in total. The minimum atomic E-state index is 0.493. The molecule has 0 amide bonds. The third kappa shape index (κ3) is 1.81. The van der Waals surface area contributed by atoms with Gasteiger partial charge in [0.05, 0.1) is 13.7 Å². The SMILES string of the molecule is COc1c(C(C)C)ccc2c1CCCO2. The van der Waals surface area contributed by atoms with Gasteiger partial charge in [-0.05, 0) is 30.4 Å². The Balaban J connectivity index is 2.51. The van der Waals surface area contributed by atoms with Gasteiger partial charge in [0.25, 0.3) is 0 Å². The molecule has 2 rings (SSSR count). The van der Waals surface area contributed by atoms with E-state index >= 15 is 0 Å². The van der Waals surface area contributed by atoms with Gasteiger partial charge in [-0.1, -0.05) is 19.9 Å². The summed E-state index contributed by atoms with van der Waals surface area (Å²) in [6.07, 6.45) is 2.16. The maximum Gasteiger partial charge on any atom is 0.129 e. The molecule has 15 heavy (non-hydrogen) atoms. The van der Waals surface area contributed by atoms with Crippen molar-refractivity contribution in [3.8, 4) is 11.5 Å². The van der Waals surface area contributed by atoms with E-state index in [4.69, 9.17) is 9.47 Å². The molecular formula is C13H18O2. The maximum atomic E-state index is 5.62. The lowest BCUT2D eigenvalue weighted by Crippen LogP contribution is -2.11. The first kappa shape index (κ1) is 10.3. The lowest BCUT2D eigenvalue weighted by molar-refractivity contribution is 0.281. The topological polar surface area (TPSA) is 18.5 Å². The number of hydrogen-bond acceptors (Lipinski definition) is 2. The highest BCUT2D eigenvalue weighted by Gasteiger charge is 2.19. The number of fused-ring (bicyclic) bond motifs is 1. The first-order valence-corrected chi connectivity index (χ1v) is 5.56. The molecule has 0 fully saturated rings. The maximum absolute atomic E-state index is 5.62. The van der Waals surface area contributed by atoms with Crippen LogP contribution in [0.2, 0.25) is 0 Å². The molecule has 0 aliphatic carbocycles. The molecule has 0 saturated carbocycles. The lowest BCUT2D eigenvalue weighted by atomic mass is 9.95. The zero-order chi connectivity index (χ0) is 10.8. The van der Waals surface area contributed by atoms with Gasteiger partial charge < -0.3 is 9.47 Å². The first-order chi connectivity index (χ1) is 7.24. The number of benzene rings is 1. The molecule has 2 heteroatoms. The molecule has 0 atom stereocenters. The third-order valence-corrected chi connectivity index (χ3v) is 2.90. The summed E-state index contributed by atoms with van der Waals surface area (Å²) in [6.45, 7) is 5.21. The molecule has 2 nitrogen and oxygen atoms in total. The van der Waals surface area contributed by atoms with Crippen molar-refractivity contribution < 1.29 is 9.47 Å². The van der Waals surface area contributed by atoms with Gasteiger partial charge in [-0.15, -0.1) is 0 Å². The van der Waals surface area contributed by atoms with Crippen LogP contribution in [0.3, 0.4) is 0 Å². The molecule has 0 saturated heterocycles. The number of methoxy groups -OCH3 is 1. The Labute approximate surface area is 91.2 Å². The van der Waals surface area contributed by atoms with Crippen molar-refractivity contribution in [2.45, 2.75) is 32.6 Å². The number of ether oxygens (including phenoxy) is 2. The zero-order valence-corrected chi connectivity index (χ0v) is 9.67. The van der Waals surface area contributed by atoms with Crippen molar-refractivity contribution in [2.75, 3.05) is 13.7 Å². The highest BCUT2D eigenvalue weighted by Crippen LogP contribution is 2.38. The van der Waals surface area contributed by atoms with E-state index in [1.54, 1.807) is 7.11 Å². The summed E-state index contributed by atoms with van der Waals surface area (Å²) >= 11 is 0. The van der Waals surface area contributed by atoms with Gasteiger partial charge in [-0.3, -0.25) is 0 Å². The molecular weight excluding hydrogens is 188 g/mol. The number of hydrogen-bond donors (Lipinski definition) is 0. The predicted octanol–water partition coefficient (Wildman–Crippen LogP) is 3.14. The third-order valence-electron chi connectivity index (χ3n) is 2.90. The van der Waals surface area contributed by atoms with E-state index in [0.29, 0.717) is 5.92 Å². The lowest BCUT2D eigenvalue weighted by Gasteiger charge is -2.22. The van der Waals surface area contributed by atoms with Crippen LogP contribution in [0.25, 0.3) is 0 Å². The summed E-state index contributed by atoms with van der Waals surface area (Å²) in [4.78, 5) is 0. The van der Waals surface area contributed by atoms with E-state index in [-0.39, 0.29) is 0 Å². The highest BCUT2D eigenvalue weighted by atomic mass is 16.5. The molecule has 1 heterocycles. The molecule has 1 aromatic rings. The predicted molar refractivity (Wildman–Crippen MR) is 60.9 cm³/mol. The molecule has 1 aliphatic rings. The van der Waals surface area contributed by atoms with Gasteiger partial charge in [0.2, 0.25) is 0 Å². The summed E-state index contributed by atoms with van der Waals surface area (Å²) in [5, 5.41) is 0. The summed E-state index contributed by atoms with van der Waals surface area (Å²) in [5.41, 5.74) is 2.52. The van der Waals surface area contributed by atoms with E-state index in [1.165, 1.54) is 11.1 Å². The normalized spacial score (nSPS) is 14.7. The van der Waals surface area contributed by atoms with Gasteiger partial charge in [-0.25, -0.2) is 0 Å². The van der Waals surface area contributed by atoms with E-state index in [2.05, 4.69) is 26.0 Å². The molecule has 0 radical (unpaired) electrons. The molecule has 1 aromatic carbocycles. The minimum Gasteiger partial charge on any atom is -0.496 e. The Morgan fingerprint density at radius 3 is 2.80 bits per heavy atom. The van der Waals surface area contributed by atoms with E-state index in [9.17, 15) is 0 Å². The van der Waals surface area contributed by atoms with Crippen LogP contribution in [-0.2, 0) is 6.42 Å². The van der Waals surface area contributed by atoms with Crippen molar-refractivity contribution in [1.29, 1.82) is 0 Å². The van der Waals surface area contributed by atoms with Crippen LogP contribution in [0.15, 0.2) is 12.1 Å². The quantitative estimate of drug-likeness (QED) is 0.740. The van der Waals surface area contributed by atoms with Crippen LogP contribution in [0.1, 0.15) is 37.3 Å². The van der Waals surface area contributed by atoms with E-state index in [0.717, 1.165) is 30.9 Å². The second-order valence-electron chi connectivity index (χ2n) is 4.27. The summed E-state index contributed by atoms with van der Waals surface area (Å²) < 4.78 is 11.1. The minimum absolute atomic E-state index is 0.493. The average Bonchev–Trinajstić information content (AvgIpc) is 2.27. The summed E-state index contributed by atoms with van der Waals surface area (Å²) in [7, 11) is 1.75. The Morgan fingerprint density at radius 2 is 2.13 bits per heavy atom. The van der Waals surface area contributed by atoms with Crippen LogP contribution in [0.4, 0.5) is 0 Å². The molecule has 0 bridgehead atoms. The van der Waals surface area contributed by atoms with Gasteiger partial charge in [0.1, 0.15) is 11.5 Å². The van der Waals surface area contributed by atoms with Crippen LogP contribution >= 0.6 is 0 Å². The molecule has 0 unspecified atom stereocenters. The second kappa shape index (κ2) is 4.13. The fourth-order valence-corrected chi connectivity index (χ4v) is 2.13. The fraction of sp³-hybridized carbons (Fsp3) is 0.538. The van der Waals surface area contributed by atoms with Crippen LogP contribution < -0.4 is 9.47 Å². The zero-order valence-electron chi connectivity index (χ0n) is 9.67. The first-order valence-electron chi connectivity index (χ1n) is 5.56. The second-order valence-corrected chi connectivity index (χ2v) is 4.27. The van der Waals surface area contributed by atoms with Gasteiger partial charge in [0, 0.05) is 5.56 Å². The molecule has 1 aliphatic heterocycles. The largest absolute Gasteiger partial charge is 0.496 e. The molecule has 82 valence electrons. The average molecular weight is 206 g/mol. The Bertz CT molecular complexity index is 356. The summed E-state index contributed by atoms with van der Waals surface area (Å²) in [6, 6.07) is 4.19. The smallest absolute Gasteiger partial charge is 0.129 e. The van der Waals surface area contributed by atoms with Crippen LogP contribution in [-0.4, -0.2) is 13.7 Å². The standard InChI is InChI=1S/C13H18O2/c1-9(2)10-6-7-12-11(13(10)14-3)5-4-8-15-12/h6-7,9H,4-5,8H2,1-3H3.